The molecule has 19 heavy (non-hydrogen) atoms. The fourth-order valence-corrected chi connectivity index (χ4v) is 4.00. The molecule has 0 saturated heterocycles. The number of fused-ring (bicyclic) bond motifs is 7. The van der Waals surface area contributed by atoms with Crippen molar-refractivity contribution in [3.05, 3.63) is 48.4 Å². The van der Waals surface area contributed by atoms with Crippen LogP contribution in [0.3, 0.4) is 0 Å². The summed E-state index contributed by atoms with van der Waals surface area (Å²) in [5.41, 5.74) is 4.74. The molecule has 1 aromatic carbocycles. The average Bonchev–Trinajstić information content (AvgIpc) is 3.07. The van der Waals surface area contributed by atoms with Gasteiger partial charge in [0.15, 0.2) is 5.01 Å². The van der Waals surface area contributed by atoms with Gasteiger partial charge in [-0.15, -0.1) is 0 Å². The lowest BCUT2D eigenvalue weighted by Crippen LogP contribution is -2.30. The Morgan fingerprint density at radius 1 is 1.21 bits per heavy atom. The van der Waals surface area contributed by atoms with E-state index in [4.69, 9.17) is 4.98 Å². The number of hydrogen-bond acceptors (Lipinski definition) is 3. The van der Waals surface area contributed by atoms with Gasteiger partial charge in [-0.25, -0.2) is 14.0 Å². The van der Waals surface area contributed by atoms with Crippen LogP contribution in [0.25, 0.3) is 26.7 Å². The third-order valence-corrected chi connectivity index (χ3v) is 4.85. The number of hydrogen-bond donors (Lipinski definition) is 0. The second-order valence-electron chi connectivity index (χ2n) is 4.70. The molecule has 0 radical (unpaired) electrons. The van der Waals surface area contributed by atoms with E-state index in [0.717, 1.165) is 17.8 Å². The Balaban J connectivity index is 1.93. The summed E-state index contributed by atoms with van der Waals surface area (Å²) in [6.07, 6.45) is 3.62. The van der Waals surface area contributed by atoms with Crippen molar-refractivity contribution in [1.82, 2.24) is 14.4 Å². The monoisotopic (exact) mass is 265 g/mol. The zero-order valence-electron chi connectivity index (χ0n) is 9.95. The van der Waals surface area contributed by atoms with Crippen LogP contribution >= 0.6 is 11.3 Å². The molecule has 0 bridgehead atoms. The zero-order chi connectivity index (χ0) is 12.4. The van der Waals surface area contributed by atoms with Gasteiger partial charge >= 0.3 is 5.65 Å². The van der Waals surface area contributed by atoms with Gasteiger partial charge in [-0.3, -0.25) is 0 Å². The lowest BCUT2D eigenvalue weighted by Gasteiger charge is -1.92. The molecule has 4 aromatic rings. The van der Waals surface area contributed by atoms with E-state index in [1.807, 2.05) is 12.4 Å². The molecular formula is C14H9N4S+. The van der Waals surface area contributed by atoms with Crippen LogP contribution in [0.2, 0.25) is 0 Å². The predicted molar refractivity (Wildman–Crippen MR) is 73.1 cm³/mol. The molecule has 0 N–H and O–H groups in total. The molecule has 0 fully saturated rings. The number of aromatic nitrogens is 4. The number of rotatable bonds is 0. The quantitative estimate of drug-likeness (QED) is 0.402. The van der Waals surface area contributed by atoms with Gasteiger partial charge in [0.25, 0.3) is 5.65 Å². The average molecular weight is 265 g/mol. The zero-order valence-corrected chi connectivity index (χ0v) is 10.8. The summed E-state index contributed by atoms with van der Waals surface area (Å²) < 4.78 is 4.37. The minimum Gasteiger partial charge on any atom is -0.247 e. The molecule has 5 heteroatoms. The largest absolute Gasteiger partial charge is 0.362 e. The topological polar surface area (TPSA) is 34.1 Å². The summed E-state index contributed by atoms with van der Waals surface area (Å²) in [5.74, 6) is 0. The first-order valence-electron chi connectivity index (χ1n) is 6.14. The van der Waals surface area contributed by atoms with E-state index in [1.165, 1.54) is 21.0 Å². The number of imidazole rings is 1. The summed E-state index contributed by atoms with van der Waals surface area (Å²) in [6, 6.07) is 10.5. The van der Waals surface area contributed by atoms with Crippen LogP contribution in [0, 0.1) is 0 Å². The van der Waals surface area contributed by atoms with Gasteiger partial charge in [-0.2, -0.15) is 0 Å². The van der Waals surface area contributed by atoms with Crippen molar-refractivity contribution in [3.8, 4) is 10.6 Å². The Hall–Kier alpha value is -2.27. The van der Waals surface area contributed by atoms with Crippen molar-refractivity contribution in [1.29, 1.82) is 0 Å². The minimum absolute atomic E-state index is 0.919. The van der Waals surface area contributed by atoms with Crippen LogP contribution in [-0.4, -0.2) is 14.4 Å². The lowest BCUT2D eigenvalue weighted by molar-refractivity contribution is -0.643. The van der Waals surface area contributed by atoms with Gasteiger partial charge in [0.1, 0.15) is 12.9 Å². The first-order chi connectivity index (χ1) is 9.42. The van der Waals surface area contributed by atoms with E-state index in [-0.39, 0.29) is 0 Å². The van der Waals surface area contributed by atoms with E-state index in [1.54, 1.807) is 17.5 Å². The van der Waals surface area contributed by atoms with Gasteiger partial charge < -0.3 is 0 Å². The highest BCUT2D eigenvalue weighted by Gasteiger charge is 2.31. The molecule has 0 spiro atoms. The highest BCUT2D eigenvalue weighted by atomic mass is 32.1. The van der Waals surface area contributed by atoms with Crippen molar-refractivity contribution in [2.45, 2.75) is 6.54 Å². The van der Waals surface area contributed by atoms with Crippen LogP contribution in [0.5, 0.6) is 0 Å². The molecule has 1 aliphatic heterocycles. The summed E-state index contributed by atoms with van der Waals surface area (Å²) in [6.45, 7) is 0.919. The van der Waals surface area contributed by atoms with Crippen LogP contribution < -0.4 is 4.57 Å². The SMILES string of the molecule is c1ccc2c(c1)C[n+]1c-2sc2c1nc1ccncn12. The lowest BCUT2D eigenvalue weighted by atomic mass is 10.1. The number of nitrogens with zero attached hydrogens (tertiary/aromatic N) is 4. The maximum Gasteiger partial charge on any atom is 0.362 e. The molecule has 1 aliphatic rings. The van der Waals surface area contributed by atoms with E-state index in [9.17, 15) is 0 Å². The van der Waals surface area contributed by atoms with Gasteiger partial charge in [0.2, 0.25) is 4.83 Å². The number of benzene rings is 1. The molecule has 0 atom stereocenters. The maximum absolute atomic E-state index is 4.73. The van der Waals surface area contributed by atoms with Gasteiger partial charge in [0.05, 0.1) is 0 Å². The summed E-state index contributed by atoms with van der Waals surface area (Å²) >= 11 is 1.79. The van der Waals surface area contributed by atoms with Crippen LogP contribution in [0.1, 0.15) is 5.56 Å². The Labute approximate surface area is 112 Å². The fourth-order valence-electron chi connectivity index (χ4n) is 2.76. The Kier molecular flexibility index (Phi) is 1.62. The minimum atomic E-state index is 0.919. The molecule has 4 nitrogen and oxygen atoms in total. The highest BCUT2D eigenvalue weighted by Crippen LogP contribution is 2.35. The molecule has 5 rings (SSSR count). The van der Waals surface area contributed by atoms with E-state index in [0.29, 0.717) is 0 Å². The summed E-state index contributed by atoms with van der Waals surface area (Å²) in [4.78, 5) is 10.1. The Morgan fingerprint density at radius 2 is 2.16 bits per heavy atom. The van der Waals surface area contributed by atoms with Crippen molar-refractivity contribution >= 4 is 27.5 Å². The van der Waals surface area contributed by atoms with Crippen LogP contribution in [0.4, 0.5) is 0 Å². The fraction of sp³-hybridized carbons (Fsp3) is 0.0714. The predicted octanol–water partition coefficient (Wildman–Crippen LogP) is 2.26. The molecule has 0 aliphatic carbocycles. The normalized spacial score (nSPS) is 13.1. The smallest absolute Gasteiger partial charge is 0.247 e. The van der Waals surface area contributed by atoms with E-state index < -0.39 is 0 Å². The Bertz CT molecular complexity index is 951. The first-order valence-corrected chi connectivity index (χ1v) is 6.96. The number of thiazole rings is 1. The third-order valence-electron chi connectivity index (χ3n) is 3.64. The van der Waals surface area contributed by atoms with E-state index in [2.05, 4.69) is 38.2 Å². The second-order valence-corrected chi connectivity index (χ2v) is 5.68. The molecule has 90 valence electrons. The van der Waals surface area contributed by atoms with Crippen LogP contribution in [-0.2, 0) is 6.54 Å². The first kappa shape index (κ1) is 9.63. The molecule has 0 saturated carbocycles. The van der Waals surface area contributed by atoms with Crippen LogP contribution in [0.15, 0.2) is 42.9 Å². The second kappa shape index (κ2) is 3.19. The standard InChI is InChI=1S/C14H9N4S/c1-2-4-10-9(3-1)7-17-12-14(19-13(10)17)18-8-15-6-5-11(18)16-12/h1-6,8H,7H2/q+1. The van der Waals surface area contributed by atoms with Gasteiger partial charge in [0, 0.05) is 23.4 Å². The maximum atomic E-state index is 4.73. The molecular weight excluding hydrogens is 256 g/mol. The molecule has 0 amide bonds. The third kappa shape index (κ3) is 1.11. The summed E-state index contributed by atoms with van der Waals surface area (Å²) in [7, 11) is 0. The molecule has 0 unspecified atom stereocenters. The molecule has 4 heterocycles. The van der Waals surface area contributed by atoms with Gasteiger partial charge in [-0.1, -0.05) is 29.5 Å². The van der Waals surface area contributed by atoms with Crippen molar-refractivity contribution in [2.24, 2.45) is 0 Å². The molecule has 3 aromatic heterocycles. The Morgan fingerprint density at radius 3 is 3.16 bits per heavy atom. The highest BCUT2D eigenvalue weighted by molar-refractivity contribution is 7.20. The van der Waals surface area contributed by atoms with Crippen molar-refractivity contribution in [3.63, 3.8) is 0 Å². The van der Waals surface area contributed by atoms with Gasteiger partial charge in [-0.05, 0) is 11.1 Å². The van der Waals surface area contributed by atoms with E-state index >= 15 is 0 Å². The van der Waals surface area contributed by atoms with Crippen molar-refractivity contribution < 1.29 is 4.57 Å². The summed E-state index contributed by atoms with van der Waals surface area (Å²) in [5, 5.41) is 1.30. The van der Waals surface area contributed by atoms with Crippen molar-refractivity contribution in [2.75, 3.05) is 0 Å².